The third-order valence-electron chi connectivity index (χ3n) is 1.42. The van der Waals surface area contributed by atoms with Crippen molar-refractivity contribution in [2.75, 3.05) is 0 Å². The molecule has 0 heterocycles. The summed E-state index contributed by atoms with van der Waals surface area (Å²) in [5.74, 6) is 10.8. The number of nitrogens with zero attached hydrogens (tertiary/aromatic N) is 1. The maximum absolute atomic E-state index is 8.22. The fourth-order valence-corrected chi connectivity index (χ4v) is 0.881. The van der Waals surface area contributed by atoms with Gasteiger partial charge in [-0.25, -0.2) is 0 Å². The van der Waals surface area contributed by atoms with Gasteiger partial charge in [-0.1, -0.05) is 11.8 Å². The Labute approximate surface area is 78.0 Å². The van der Waals surface area contributed by atoms with Crippen LogP contribution >= 0.6 is 0 Å². The molecule has 0 unspecified atom stereocenters. The summed E-state index contributed by atoms with van der Waals surface area (Å²) in [5.41, 5.74) is 1.80. The second-order valence-corrected chi connectivity index (χ2v) is 2.31. The van der Waals surface area contributed by atoms with Gasteiger partial charge in [-0.2, -0.15) is 5.26 Å². The Morgan fingerprint density at radius 2 is 1.54 bits per heavy atom. The van der Waals surface area contributed by atoms with Crippen molar-refractivity contribution in [3.8, 4) is 29.8 Å². The molecule has 1 heteroatoms. The molecule has 0 fully saturated rings. The Balaban J connectivity index is 2.93. The lowest BCUT2D eigenvalue weighted by Crippen LogP contribution is -1.76. The van der Waals surface area contributed by atoms with E-state index in [9.17, 15) is 0 Å². The molecule has 0 saturated heterocycles. The van der Waals surface area contributed by atoms with Crippen LogP contribution in [0.4, 0.5) is 0 Å². The Morgan fingerprint density at radius 1 is 1.00 bits per heavy atom. The molecule has 0 bridgehead atoms. The lowest BCUT2D eigenvalue weighted by Gasteiger charge is -1.89. The zero-order valence-corrected chi connectivity index (χ0v) is 7.26. The quantitative estimate of drug-likeness (QED) is 0.539. The van der Waals surface area contributed by atoms with E-state index < -0.39 is 0 Å². The van der Waals surface area contributed by atoms with E-state index in [2.05, 4.69) is 23.7 Å². The monoisotopic (exact) mass is 165 g/mol. The van der Waals surface area contributed by atoms with Gasteiger partial charge in [0.2, 0.25) is 0 Å². The van der Waals surface area contributed by atoms with E-state index in [1.165, 1.54) is 0 Å². The molecule has 1 aromatic rings. The predicted molar refractivity (Wildman–Crippen MR) is 51.5 cm³/mol. The summed E-state index contributed by atoms with van der Waals surface area (Å²) in [7, 11) is 0. The van der Waals surface area contributed by atoms with Gasteiger partial charge in [0.15, 0.2) is 6.07 Å². The van der Waals surface area contributed by atoms with Gasteiger partial charge < -0.3 is 0 Å². The van der Waals surface area contributed by atoms with Crippen molar-refractivity contribution in [3.63, 3.8) is 0 Å². The minimum Gasteiger partial charge on any atom is -0.183 e. The minimum absolute atomic E-state index is 0.836. The van der Waals surface area contributed by atoms with Crippen LogP contribution in [0.3, 0.4) is 0 Å². The Morgan fingerprint density at radius 3 is 2.00 bits per heavy atom. The smallest absolute Gasteiger partial charge is 0.152 e. The molecule has 0 radical (unpaired) electrons. The number of benzene rings is 1. The average Bonchev–Trinajstić information content (AvgIpc) is 2.17. The summed E-state index contributed by atoms with van der Waals surface area (Å²) in [4.78, 5) is 0. The molecule has 60 valence electrons. The summed E-state index contributed by atoms with van der Waals surface area (Å²) in [6.07, 6.45) is 0. The van der Waals surface area contributed by atoms with Crippen molar-refractivity contribution < 1.29 is 0 Å². The highest BCUT2D eigenvalue weighted by atomic mass is 14.2. The van der Waals surface area contributed by atoms with Gasteiger partial charge in [0.05, 0.1) is 0 Å². The molecule has 0 spiro atoms. The summed E-state index contributed by atoms with van der Waals surface area (Å²) in [6, 6.07) is 9.24. The van der Waals surface area contributed by atoms with Crippen LogP contribution in [0.5, 0.6) is 0 Å². The molecule has 0 aromatic heterocycles. The second kappa shape index (κ2) is 4.66. The van der Waals surface area contributed by atoms with Crippen molar-refractivity contribution in [3.05, 3.63) is 35.4 Å². The predicted octanol–water partition coefficient (Wildman–Crippen LogP) is 1.93. The first-order valence-electron chi connectivity index (χ1n) is 3.79. The summed E-state index contributed by atoms with van der Waals surface area (Å²) in [6.45, 7) is 1.80. The maximum Gasteiger partial charge on any atom is 0.152 e. The van der Waals surface area contributed by atoms with Crippen molar-refractivity contribution in [2.24, 2.45) is 0 Å². The van der Waals surface area contributed by atoms with E-state index >= 15 is 0 Å². The molecular formula is C12H7N. The topological polar surface area (TPSA) is 23.8 Å². The highest BCUT2D eigenvalue weighted by Gasteiger charge is 1.86. The molecule has 0 aliphatic heterocycles. The number of rotatable bonds is 0. The zero-order valence-electron chi connectivity index (χ0n) is 7.26. The van der Waals surface area contributed by atoms with Gasteiger partial charge in [0.25, 0.3) is 0 Å². The molecule has 13 heavy (non-hydrogen) atoms. The van der Waals surface area contributed by atoms with Crippen LogP contribution < -0.4 is 0 Å². The van der Waals surface area contributed by atoms with Crippen LogP contribution in [0.2, 0.25) is 0 Å². The Hall–Kier alpha value is -2.17. The second-order valence-electron chi connectivity index (χ2n) is 2.31. The highest BCUT2D eigenvalue weighted by Crippen LogP contribution is 2.01. The van der Waals surface area contributed by atoms with Crippen molar-refractivity contribution >= 4 is 0 Å². The van der Waals surface area contributed by atoms with Crippen molar-refractivity contribution in [1.82, 2.24) is 0 Å². The number of hydrogen-bond acceptors (Lipinski definition) is 1. The molecule has 1 aromatic carbocycles. The summed E-state index contributed by atoms with van der Waals surface area (Å²) in [5, 5.41) is 8.22. The normalized spacial score (nSPS) is 7.08. The van der Waals surface area contributed by atoms with E-state index in [1.54, 1.807) is 13.0 Å². The summed E-state index contributed by atoms with van der Waals surface area (Å²) >= 11 is 0. The van der Waals surface area contributed by atoms with Crippen LogP contribution in [0, 0.1) is 35.0 Å². The van der Waals surface area contributed by atoms with E-state index in [-0.39, 0.29) is 0 Å². The van der Waals surface area contributed by atoms with Gasteiger partial charge in [0.1, 0.15) is 0 Å². The standard InChI is InChI=1S/C12H7N/c1-2-4-11-6-8-12(9-7-11)5-3-10-13/h6-9H,1H3. The van der Waals surface area contributed by atoms with Crippen molar-refractivity contribution in [1.29, 1.82) is 5.26 Å². The average molecular weight is 165 g/mol. The lowest BCUT2D eigenvalue weighted by atomic mass is 10.1. The third-order valence-corrected chi connectivity index (χ3v) is 1.42. The zero-order chi connectivity index (χ0) is 9.52. The molecule has 0 aliphatic carbocycles. The lowest BCUT2D eigenvalue weighted by molar-refractivity contribution is 1.54. The number of hydrogen-bond donors (Lipinski definition) is 0. The van der Waals surface area contributed by atoms with Gasteiger partial charge in [0, 0.05) is 17.0 Å². The fourth-order valence-electron chi connectivity index (χ4n) is 0.881. The molecule has 1 rings (SSSR count). The first-order chi connectivity index (χ1) is 6.36. The first-order valence-corrected chi connectivity index (χ1v) is 3.79. The Bertz CT molecular complexity index is 438. The third kappa shape index (κ3) is 2.74. The van der Waals surface area contributed by atoms with Gasteiger partial charge in [-0.3, -0.25) is 0 Å². The largest absolute Gasteiger partial charge is 0.183 e. The van der Waals surface area contributed by atoms with Crippen LogP contribution in [-0.4, -0.2) is 0 Å². The first kappa shape index (κ1) is 8.92. The Kier molecular flexibility index (Phi) is 3.20. The molecule has 0 atom stereocenters. The molecule has 0 N–H and O–H groups in total. The van der Waals surface area contributed by atoms with Gasteiger partial charge in [-0.15, -0.1) is 5.92 Å². The van der Waals surface area contributed by atoms with Crippen LogP contribution in [0.25, 0.3) is 0 Å². The molecular weight excluding hydrogens is 158 g/mol. The van der Waals surface area contributed by atoms with E-state index in [4.69, 9.17) is 5.26 Å². The molecule has 0 amide bonds. The van der Waals surface area contributed by atoms with Gasteiger partial charge >= 0.3 is 0 Å². The van der Waals surface area contributed by atoms with Crippen LogP contribution in [0.15, 0.2) is 24.3 Å². The number of nitriles is 1. The van der Waals surface area contributed by atoms with E-state index in [1.807, 2.05) is 24.3 Å². The van der Waals surface area contributed by atoms with E-state index in [0.29, 0.717) is 0 Å². The molecule has 0 aliphatic rings. The van der Waals surface area contributed by atoms with E-state index in [0.717, 1.165) is 11.1 Å². The van der Waals surface area contributed by atoms with Gasteiger partial charge in [-0.05, 0) is 31.2 Å². The molecule has 1 nitrogen and oxygen atoms in total. The fraction of sp³-hybridized carbons (Fsp3) is 0.0833. The van der Waals surface area contributed by atoms with Crippen LogP contribution in [0.1, 0.15) is 18.1 Å². The maximum atomic E-state index is 8.22. The SMILES string of the molecule is CC#Cc1ccc(C#CC#N)cc1. The summed E-state index contributed by atoms with van der Waals surface area (Å²) < 4.78 is 0. The minimum atomic E-state index is 0.836. The highest BCUT2D eigenvalue weighted by molar-refractivity contribution is 5.43. The molecule has 0 saturated carbocycles. The van der Waals surface area contributed by atoms with Crippen molar-refractivity contribution in [2.45, 2.75) is 6.92 Å². The van der Waals surface area contributed by atoms with Crippen LogP contribution in [-0.2, 0) is 0 Å².